The number of carbonyl (C=O) groups excluding carboxylic acids is 1. The first-order valence-corrected chi connectivity index (χ1v) is 5.78. The van der Waals surface area contributed by atoms with E-state index in [0.29, 0.717) is 0 Å². The third-order valence-corrected chi connectivity index (χ3v) is 3.16. The van der Waals surface area contributed by atoms with Crippen LogP contribution in [0.1, 0.15) is 18.9 Å². The molecule has 0 bridgehead atoms. The van der Waals surface area contributed by atoms with E-state index in [-0.39, 0.29) is 11.9 Å². The molecule has 1 aromatic rings. The molecule has 15 heavy (non-hydrogen) atoms. The fourth-order valence-electron chi connectivity index (χ4n) is 1.73. The van der Waals surface area contributed by atoms with Crippen LogP contribution in [-0.4, -0.2) is 11.9 Å². The summed E-state index contributed by atoms with van der Waals surface area (Å²) in [5.74, 6) is 0.0366. The number of rotatable bonds is 1. The molecule has 0 aliphatic carbocycles. The minimum absolute atomic E-state index is 0.0366. The molecule has 1 aromatic carbocycles. The van der Waals surface area contributed by atoms with Crippen LogP contribution in [0, 0.1) is 6.92 Å². The molecule has 1 unspecified atom stereocenters. The lowest BCUT2D eigenvalue weighted by Crippen LogP contribution is -2.38. The summed E-state index contributed by atoms with van der Waals surface area (Å²) in [5.41, 5.74) is 3.00. The molecule has 0 fully saturated rings. The first kappa shape index (κ1) is 10.5. The monoisotopic (exact) mass is 268 g/mol. The van der Waals surface area contributed by atoms with Crippen molar-refractivity contribution >= 4 is 33.2 Å². The van der Waals surface area contributed by atoms with Crippen molar-refractivity contribution in [1.82, 2.24) is 0 Å². The van der Waals surface area contributed by atoms with Crippen LogP contribution in [0.15, 0.2) is 16.6 Å². The molecule has 4 heteroatoms. The van der Waals surface area contributed by atoms with Gasteiger partial charge in [0.25, 0.3) is 0 Å². The summed E-state index contributed by atoms with van der Waals surface area (Å²) in [4.78, 5) is 11.6. The van der Waals surface area contributed by atoms with Crippen LogP contribution >= 0.6 is 15.9 Å². The highest BCUT2D eigenvalue weighted by atomic mass is 79.9. The number of hydrogen-bond acceptors (Lipinski definition) is 2. The quantitative estimate of drug-likeness (QED) is 0.823. The van der Waals surface area contributed by atoms with E-state index in [0.717, 1.165) is 22.3 Å². The third-order valence-electron chi connectivity index (χ3n) is 2.54. The van der Waals surface area contributed by atoms with Crippen molar-refractivity contribution in [2.24, 2.45) is 0 Å². The largest absolute Gasteiger partial charge is 0.372 e. The number of anilines is 2. The molecule has 0 saturated carbocycles. The van der Waals surface area contributed by atoms with E-state index in [1.807, 2.05) is 26.0 Å². The van der Waals surface area contributed by atoms with Gasteiger partial charge in [0.05, 0.1) is 11.4 Å². The summed E-state index contributed by atoms with van der Waals surface area (Å²) in [6, 6.07) is 3.92. The topological polar surface area (TPSA) is 41.1 Å². The highest BCUT2D eigenvalue weighted by molar-refractivity contribution is 9.10. The minimum Gasteiger partial charge on any atom is -0.372 e. The fourth-order valence-corrected chi connectivity index (χ4v) is 2.41. The first-order valence-electron chi connectivity index (χ1n) is 4.99. The molecule has 1 amide bonds. The molecule has 80 valence electrons. The van der Waals surface area contributed by atoms with Gasteiger partial charge in [0.2, 0.25) is 5.91 Å². The van der Waals surface area contributed by atoms with E-state index >= 15 is 0 Å². The average Bonchev–Trinajstić information content (AvgIpc) is 2.18. The van der Waals surface area contributed by atoms with Gasteiger partial charge >= 0.3 is 0 Å². The summed E-state index contributed by atoms with van der Waals surface area (Å²) in [7, 11) is 0. The van der Waals surface area contributed by atoms with E-state index < -0.39 is 0 Å². The zero-order valence-electron chi connectivity index (χ0n) is 8.73. The maximum absolute atomic E-state index is 11.6. The molecule has 1 aliphatic rings. The maximum Gasteiger partial charge on any atom is 0.246 e. The molecule has 2 rings (SSSR count). The molecule has 0 saturated heterocycles. The van der Waals surface area contributed by atoms with Gasteiger partial charge in [0.15, 0.2) is 0 Å². The van der Waals surface area contributed by atoms with E-state index in [9.17, 15) is 4.79 Å². The number of benzene rings is 1. The predicted octanol–water partition coefficient (Wildman–Crippen LogP) is 2.90. The van der Waals surface area contributed by atoms with Gasteiger partial charge in [-0.3, -0.25) is 4.79 Å². The summed E-state index contributed by atoms with van der Waals surface area (Å²) < 4.78 is 0.924. The molecule has 0 aromatic heterocycles. The number of amides is 1. The normalized spacial score (nSPS) is 19.1. The SMILES string of the molecule is CCC1Nc2cc(C)cc(Br)c2NC1=O. The lowest BCUT2D eigenvalue weighted by molar-refractivity contribution is -0.117. The summed E-state index contributed by atoms with van der Waals surface area (Å²) in [6.07, 6.45) is 0.789. The molecule has 0 spiro atoms. The Morgan fingerprint density at radius 3 is 2.87 bits per heavy atom. The van der Waals surface area contributed by atoms with Gasteiger partial charge in [-0.15, -0.1) is 0 Å². The second-order valence-electron chi connectivity index (χ2n) is 3.76. The van der Waals surface area contributed by atoms with E-state index in [2.05, 4.69) is 26.6 Å². The summed E-state index contributed by atoms with van der Waals surface area (Å²) >= 11 is 3.45. The van der Waals surface area contributed by atoms with E-state index in [4.69, 9.17) is 0 Å². The van der Waals surface area contributed by atoms with Crippen molar-refractivity contribution in [3.05, 3.63) is 22.2 Å². The molecular weight excluding hydrogens is 256 g/mol. The fraction of sp³-hybridized carbons (Fsp3) is 0.364. The van der Waals surface area contributed by atoms with Crippen LogP contribution in [0.5, 0.6) is 0 Å². The van der Waals surface area contributed by atoms with Crippen LogP contribution in [0.4, 0.5) is 11.4 Å². The Balaban J connectivity index is 2.45. The number of halogens is 1. The molecule has 2 N–H and O–H groups in total. The molecule has 0 radical (unpaired) electrons. The van der Waals surface area contributed by atoms with Crippen LogP contribution in [-0.2, 0) is 4.79 Å². The second-order valence-corrected chi connectivity index (χ2v) is 4.62. The predicted molar refractivity (Wildman–Crippen MR) is 65.2 cm³/mol. The van der Waals surface area contributed by atoms with Crippen molar-refractivity contribution in [1.29, 1.82) is 0 Å². The third kappa shape index (κ3) is 1.86. The zero-order chi connectivity index (χ0) is 11.0. The summed E-state index contributed by atoms with van der Waals surface area (Å²) in [6.45, 7) is 4.02. The van der Waals surface area contributed by atoms with Gasteiger partial charge in [-0.1, -0.05) is 6.92 Å². The summed E-state index contributed by atoms with van der Waals surface area (Å²) in [5, 5.41) is 6.14. The van der Waals surface area contributed by atoms with Crippen molar-refractivity contribution in [3.8, 4) is 0 Å². The van der Waals surface area contributed by atoms with Crippen molar-refractivity contribution in [2.75, 3.05) is 10.6 Å². The highest BCUT2D eigenvalue weighted by Gasteiger charge is 2.25. The average molecular weight is 269 g/mol. The van der Waals surface area contributed by atoms with Gasteiger partial charge in [0.1, 0.15) is 6.04 Å². The van der Waals surface area contributed by atoms with Crippen LogP contribution in [0.3, 0.4) is 0 Å². The van der Waals surface area contributed by atoms with Gasteiger partial charge in [-0.25, -0.2) is 0 Å². The van der Waals surface area contributed by atoms with E-state index in [1.165, 1.54) is 5.56 Å². The Hall–Kier alpha value is -1.03. The lowest BCUT2D eigenvalue weighted by atomic mass is 10.1. The highest BCUT2D eigenvalue weighted by Crippen LogP contribution is 2.35. The second kappa shape index (κ2) is 3.85. The van der Waals surface area contributed by atoms with Crippen LogP contribution in [0.2, 0.25) is 0 Å². The van der Waals surface area contributed by atoms with Crippen molar-refractivity contribution in [3.63, 3.8) is 0 Å². The van der Waals surface area contributed by atoms with E-state index in [1.54, 1.807) is 0 Å². The Kier molecular flexibility index (Phi) is 2.69. The number of nitrogens with one attached hydrogen (secondary N) is 2. The van der Waals surface area contributed by atoms with Crippen molar-refractivity contribution < 1.29 is 4.79 Å². The lowest BCUT2D eigenvalue weighted by Gasteiger charge is -2.27. The Morgan fingerprint density at radius 2 is 2.20 bits per heavy atom. The molecule has 1 atom stereocenters. The smallest absolute Gasteiger partial charge is 0.246 e. The van der Waals surface area contributed by atoms with Gasteiger partial charge in [-0.05, 0) is 47.0 Å². The molecule has 1 heterocycles. The number of carbonyl (C=O) groups is 1. The number of fused-ring (bicyclic) bond motifs is 1. The Morgan fingerprint density at radius 1 is 1.47 bits per heavy atom. The zero-order valence-corrected chi connectivity index (χ0v) is 10.3. The molecule has 1 aliphatic heterocycles. The standard InChI is InChI=1S/C11H13BrN2O/c1-3-8-11(15)14-10-7(12)4-6(2)5-9(10)13-8/h4-5,8,13H,3H2,1-2H3,(H,14,15). The van der Waals surface area contributed by atoms with Crippen LogP contribution in [0.25, 0.3) is 0 Å². The Bertz CT molecular complexity index is 417. The van der Waals surface area contributed by atoms with Crippen molar-refractivity contribution in [2.45, 2.75) is 26.3 Å². The number of hydrogen-bond donors (Lipinski definition) is 2. The van der Waals surface area contributed by atoms with Gasteiger partial charge in [0, 0.05) is 4.47 Å². The first-order chi connectivity index (χ1) is 7.11. The minimum atomic E-state index is -0.119. The Labute approximate surface area is 97.4 Å². The van der Waals surface area contributed by atoms with Gasteiger partial charge in [-0.2, -0.15) is 0 Å². The molecule has 3 nitrogen and oxygen atoms in total. The number of aryl methyl sites for hydroxylation is 1. The van der Waals surface area contributed by atoms with Gasteiger partial charge < -0.3 is 10.6 Å². The van der Waals surface area contributed by atoms with Crippen LogP contribution < -0.4 is 10.6 Å². The molecular formula is C11H13BrN2O. The maximum atomic E-state index is 11.6.